The molecule has 0 aliphatic rings. The van der Waals surface area contributed by atoms with Crippen LogP contribution in [0.15, 0.2) is 54.6 Å². The van der Waals surface area contributed by atoms with E-state index in [4.69, 9.17) is 0 Å². The van der Waals surface area contributed by atoms with Gasteiger partial charge in [-0.3, -0.25) is 9.59 Å². The van der Waals surface area contributed by atoms with Crippen LogP contribution in [-0.2, 0) is 21.9 Å². The van der Waals surface area contributed by atoms with E-state index in [0.717, 1.165) is 24.2 Å². The fourth-order valence-corrected chi connectivity index (χ4v) is 4.10. The Hall–Kier alpha value is -2.27. The minimum atomic E-state index is -0.451. The van der Waals surface area contributed by atoms with E-state index >= 15 is 0 Å². The van der Waals surface area contributed by atoms with E-state index < -0.39 is 6.04 Å². The summed E-state index contributed by atoms with van der Waals surface area (Å²) in [4.78, 5) is 27.7. The molecule has 2 amide bonds. The molecule has 0 radical (unpaired) electrons. The highest BCUT2D eigenvalue weighted by Crippen LogP contribution is 2.17. The standard InChI is InChI=1S/C25H34N2O2S/c1-4-6-16-26-25(29)23(5-2)27(17-21-14-12-20(3)13-15-21)24(28)19-30-18-22-10-8-7-9-11-22/h7-15,23H,4-6,16-19H2,1-3H3,(H,26,29). The van der Waals surface area contributed by atoms with Crippen molar-refractivity contribution in [2.45, 2.75) is 58.4 Å². The quantitative estimate of drug-likeness (QED) is 0.489. The van der Waals surface area contributed by atoms with Gasteiger partial charge in [-0.25, -0.2) is 0 Å². The SMILES string of the molecule is CCCCNC(=O)C(CC)N(Cc1ccc(C)cc1)C(=O)CSCc1ccccc1. The smallest absolute Gasteiger partial charge is 0.242 e. The van der Waals surface area contributed by atoms with Crippen LogP contribution in [0.3, 0.4) is 0 Å². The van der Waals surface area contributed by atoms with Gasteiger partial charge in [0.05, 0.1) is 5.75 Å². The van der Waals surface area contributed by atoms with E-state index in [1.807, 2.05) is 56.3 Å². The van der Waals surface area contributed by atoms with Crippen molar-refractivity contribution in [1.29, 1.82) is 0 Å². The molecular weight excluding hydrogens is 392 g/mol. The van der Waals surface area contributed by atoms with Crippen LogP contribution >= 0.6 is 11.8 Å². The van der Waals surface area contributed by atoms with Gasteiger partial charge in [0, 0.05) is 18.8 Å². The van der Waals surface area contributed by atoms with Gasteiger partial charge in [0.2, 0.25) is 11.8 Å². The van der Waals surface area contributed by atoms with Crippen LogP contribution in [0.1, 0.15) is 49.8 Å². The number of nitrogens with one attached hydrogen (secondary N) is 1. The zero-order chi connectivity index (χ0) is 21.8. The Kier molecular flexibility index (Phi) is 10.5. The molecule has 5 heteroatoms. The molecule has 162 valence electrons. The molecule has 0 bridgehead atoms. The Labute approximate surface area is 185 Å². The lowest BCUT2D eigenvalue weighted by molar-refractivity contribution is -0.139. The molecule has 0 aliphatic carbocycles. The molecule has 0 heterocycles. The van der Waals surface area contributed by atoms with Gasteiger partial charge in [-0.05, 0) is 30.9 Å². The predicted molar refractivity (Wildman–Crippen MR) is 126 cm³/mol. The van der Waals surface area contributed by atoms with Crippen LogP contribution in [0.5, 0.6) is 0 Å². The van der Waals surface area contributed by atoms with Gasteiger partial charge in [-0.15, -0.1) is 11.8 Å². The third kappa shape index (κ3) is 7.86. The lowest BCUT2D eigenvalue weighted by Gasteiger charge is -2.30. The minimum absolute atomic E-state index is 0.00833. The third-order valence-corrected chi connectivity index (χ3v) is 6.01. The highest BCUT2D eigenvalue weighted by Gasteiger charge is 2.28. The Morgan fingerprint density at radius 1 is 1.00 bits per heavy atom. The number of carbonyl (C=O) groups is 2. The monoisotopic (exact) mass is 426 g/mol. The second-order valence-corrected chi connectivity index (χ2v) is 8.54. The first-order valence-corrected chi connectivity index (χ1v) is 11.9. The maximum absolute atomic E-state index is 13.2. The topological polar surface area (TPSA) is 49.4 Å². The second-order valence-electron chi connectivity index (χ2n) is 7.55. The number of amides is 2. The van der Waals surface area contributed by atoms with Crippen LogP contribution in [0.2, 0.25) is 0 Å². The van der Waals surface area contributed by atoms with Crippen LogP contribution in [-0.4, -0.2) is 35.1 Å². The first-order chi connectivity index (χ1) is 14.5. The van der Waals surface area contributed by atoms with Crippen LogP contribution in [0.4, 0.5) is 0 Å². The minimum Gasteiger partial charge on any atom is -0.354 e. The number of benzene rings is 2. The molecule has 4 nitrogen and oxygen atoms in total. The number of hydrogen-bond donors (Lipinski definition) is 1. The largest absolute Gasteiger partial charge is 0.354 e. The van der Waals surface area contributed by atoms with Crippen LogP contribution in [0, 0.1) is 6.92 Å². The molecule has 0 spiro atoms. The number of hydrogen-bond acceptors (Lipinski definition) is 3. The van der Waals surface area contributed by atoms with E-state index in [1.54, 1.807) is 16.7 Å². The van der Waals surface area contributed by atoms with Gasteiger partial charge in [-0.2, -0.15) is 0 Å². The maximum Gasteiger partial charge on any atom is 0.242 e. The predicted octanol–water partition coefficient (Wildman–Crippen LogP) is 4.95. The molecule has 1 N–H and O–H groups in total. The number of rotatable bonds is 12. The Bertz CT molecular complexity index is 777. The second kappa shape index (κ2) is 13.1. The molecule has 2 rings (SSSR count). The number of thioether (sulfide) groups is 1. The van der Waals surface area contributed by atoms with Crippen molar-refractivity contribution >= 4 is 23.6 Å². The van der Waals surface area contributed by atoms with Gasteiger partial charge in [0.25, 0.3) is 0 Å². The van der Waals surface area contributed by atoms with Crippen molar-refractivity contribution in [2.24, 2.45) is 0 Å². The molecule has 0 aromatic heterocycles. The number of nitrogens with zero attached hydrogens (tertiary/aromatic N) is 1. The molecule has 2 aromatic rings. The Balaban J connectivity index is 2.08. The maximum atomic E-state index is 13.2. The normalized spacial score (nSPS) is 11.7. The fraction of sp³-hybridized carbons (Fsp3) is 0.440. The molecule has 0 fully saturated rings. The average molecular weight is 427 g/mol. The lowest BCUT2D eigenvalue weighted by atomic mass is 10.1. The summed E-state index contributed by atoms with van der Waals surface area (Å²) in [7, 11) is 0. The summed E-state index contributed by atoms with van der Waals surface area (Å²) in [5.41, 5.74) is 3.42. The van der Waals surface area contributed by atoms with E-state index in [1.165, 1.54) is 11.1 Å². The molecule has 1 unspecified atom stereocenters. The summed E-state index contributed by atoms with van der Waals surface area (Å²) in [6.45, 7) is 7.21. The number of unbranched alkanes of at least 4 members (excludes halogenated alkanes) is 1. The Morgan fingerprint density at radius 3 is 2.33 bits per heavy atom. The molecule has 0 saturated carbocycles. The highest BCUT2D eigenvalue weighted by molar-refractivity contribution is 7.99. The fourth-order valence-electron chi connectivity index (χ4n) is 3.23. The highest BCUT2D eigenvalue weighted by atomic mass is 32.2. The van der Waals surface area contributed by atoms with E-state index in [2.05, 4.69) is 24.4 Å². The zero-order valence-electron chi connectivity index (χ0n) is 18.4. The van der Waals surface area contributed by atoms with Crippen molar-refractivity contribution in [1.82, 2.24) is 10.2 Å². The van der Waals surface area contributed by atoms with Crippen LogP contribution < -0.4 is 5.32 Å². The average Bonchev–Trinajstić information content (AvgIpc) is 2.76. The first-order valence-electron chi connectivity index (χ1n) is 10.8. The molecule has 30 heavy (non-hydrogen) atoms. The van der Waals surface area contributed by atoms with Crippen molar-refractivity contribution < 1.29 is 9.59 Å². The number of aryl methyl sites for hydroxylation is 1. The lowest BCUT2D eigenvalue weighted by Crippen LogP contribution is -2.49. The molecule has 2 aromatic carbocycles. The van der Waals surface area contributed by atoms with E-state index in [-0.39, 0.29) is 11.8 Å². The van der Waals surface area contributed by atoms with Crippen molar-refractivity contribution in [3.8, 4) is 0 Å². The molecule has 0 aliphatic heterocycles. The van der Waals surface area contributed by atoms with Crippen molar-refractivity contribution in [2.75, 3.05) is 12.3 Å². The summed E-state index contributed by atoms with van der Waals surface area (Å²) in [6, 6.07) is 17.9. The summed E-state index contributed by atoms with van der Waals surface area (Å²) in [5, 5.41) is 3.01. The van der Waals surface area contributed by atoms with E-state index in [0.29, 0.717) is 25.3 Å². The summed E-state index contributed by atoms with van der Waals surface area (Å²) in [6.07, 6.45) is 2.57. The van der Waals surface area contributed by atoms with Gasteiger partial charge in [0.1, 0.15) is 6.04 Å². The first kappa shape index (κ1) is 24.0. The third-order valence-electron chi connectivity index (χ3n) is 5.03. The Morgan fingerprint density at radius 2 is 1.70 bits per heavy atom. The molecule has 1 atom stereocenters. The molecule has 0 saturated heterocycles. The van der Waals surface area contributed by atoms with Crippen LogP contribution in [0.25, 0.3) is 0 Å². The van der Waals surface area contributed by atoms with Crippen molar-refractivity contribution in [3.63, 3.8) is 0 Å². The van der Waals surface area contributed by atoms with Gasteiger partial charge < -0.3 is 10.2 Å². The number of carbonyl (C=O) groups excluding carboxylic acids is 2. The van der Waals surface area contributed by atoms with Gasteiger partial charge >= 0.3 is 0 Å². The van der Waals surface area contributed by atoms with Gasteiger partial charge in [0.15, 0.2) is 0 Å². The summed E-state index contributed by atoms with van der Waals surface area (Å²) < 4.78 is 0. The summed E-state index contributed by atoms with van der Waals surface area (Å²) >= 11 is 1.59. The van der Waals surface area contributed by atoms with Gasteiger partial charge in [-0.1, -0.05) is 80.4 Å². The summed E-state index contributed by atoms with van der Waals surface area (Å²) in [5.74, 6) is 1.10. The van der Waals surface area contributed by atoms with Crippen molar-refractivity contribution in [3.05, 3.63) is 71.3 Å². The molecular formula is C25H34N2O2S. The zero-order valence-corrected chi connectivity index (χ0v) is 19.2. The van der Waals surface area contributed by atoms with E-state index in [9.17, 15) is 9.59 Å².